The summed E-state index contributed by atoms with van der Waals surface area (Å²) < 4.78 is 40.2. The van der Waals surface area contributed by atoms with Gasteiger partial charge in [-0.15, -0.1) is 0 Å². The van der Waals surface area contributed by atoms with Gasteiger partial charge in [0.1, 0.15) is 12.2 Å². The fourth-order valence-electron chi connectivity index (χ4n) is 3.87. The average Bonchev–Trinajstić information content (AvgIpc) is 2.73. The molecule has 1 saturated carbocycles. The Hall–Kier alpha value is -1.92. The van der Waals surface area contributed by atoms with Crippen LogP contribution < -0.4 is 5.32 Å². The van der Waals surface area contributed by atoms with Crippen LogP contribution in [0.1, 0.15) is 73.1 Å². The molecular weight excluding hydrogens is 470 g/mol. The number of aliphatic hydroxyl groups is 1. The van der Waals surface area contributed by atoms with E-state index in [9.17, 15) is 33.0 Å². The number of hydrogen-bond acceptors (Lipinski definition) is 9. The monoisotopic (exact) mass is 509 g/mol. The number of carboxylic acid groups (broad SMARTS) is 1. The highest BCUT2D eigenvalue weighted by Gasteiger charge is 2.59. The molecule has 0 aromatic heterocycles. The maximum Gasteiger partial charge on any atom is 0.508 e. The van der Waals surface area contributed by atoms with Crippen molar-refractivity contribution < 1.29 is 46.7 Å². The highest BCUT2D eigenvalue weighted by Crippen LogP contribution is 2.39. The number of hydrogen-bond donors (Lipinski definition) is 3. The van der Waals surface area contributed by atoms with Crippen molar-refractivity contribution in [2.75, 3.05) is 18.9 Å². The Bertz CT molecular complexity index is 805. The third-order valence-electron chi connectivity index (χ3n) is 5.96. The molecule has 0 aliphatic heterocycles. The lowest BCUT2D eigenvalue weighted by molar-refractivity contribution is -0.207. The normalized spacial score (nSPS) is 18.1. The summed E-state index contributed by atoms with van der Waals surface area (Å²) in [5.74, 6) is -3.04. The van der Waals surface area contributed by atoms with Crippen LogP contribution in [0, 0.1) is 11.3 Å². The van der Waals surface area contributed by atoms with Gasteiger partial charge < -0.3 is 25.0 Å². The maximum atomic E-state index is 12.4. The number of carboxylic acids is 1. The SMILES string of the molecule is CC(=O)NCCCS(=O)(=O)OCC(C)(C)[C@](O)(C(=O)O)C(OC(=O)OC1CCCCC1)C(C)C. The second-order valence-electron chi connectivity index (χ2n) is 9.73. The van der Waals surface area contributed by atoms with Gasteiger partial charge in [-0.2, -0.15) is 8.42 Å². The van der Waals surface area contributed by atoms with Gasteiger partial charge in [-0.1, -0.05) is 34.1 Å². The Morgan fingerprint density at radius 1 is 1.12 bits per heavy atom. The van der Waals surface area contributed by atoms with Crippen molar-refractivity contribution in [1.29, 1.82) is 0 Å². The zero-order valence-electron chi connectivity index (χ0n) is 20.7. The highest BCUT2D eigenvalue weighted by molar-refractivity contribution is 7.86. The van der Waals surface area contributed by atoms with Crippen LogP contribution in [0.4, 0.5) is 4.79 Å². The van der Waals surface area contributed by atoms with Crippen molar-refractivity contribution in [2.24, 2.45) is 11.3 Å². The van der Waals surface area contributed by atoms with Gasteiger partial charge in [-0.05, 0) is 38.0 Å². The first-order chi connectivity index (χ1) is 15.6. The standard InChI is InChI=1S/C22H39NO10S/c1-15(2)18(33-20(27)32-17-10-7-6-8-11-17)22(28,19(25)26)21(4,5)14-31-34(29,30)13-9-12-23-16(3)24/h15,17-18,28H,6-14H2,1-5H3,(H,23,24)(H,25,26)/t18?,22-/m1/s1. The molecule has 1 aliphatic rings. The Labute approximate surface area is 201 Å². The number of carbonyl (C=O) groups is 3. The molecule has 0 bridgehead atoms. The molecule has 1 unspecified atom stereocenters. The number of carbonyl (C=O) groups excluding carboxylic acids is 2. The molecule has 0 heterocycles. The fourth-order valence-corrected chi connectivity index (χ4v) is 4.96. The molecule has 3 N–H and O–H groups in total. The molecule has 0 saturated heterocycles. The second-order valence-corrected chi connectivity index (χ2v) is 11.5. The molecule has 2 atom stereocenters. The summed E-state index contributed by atoms with van der Waals surface area (Å²) in [6, 6.07) is 0. The molecule has 0 aromatic rings. The van der Waals surface area contributed by atoms with Gasteiger partial charge in [-0.3, -0.25) is 8.98 Å². The molecule has 34 heavy (non-hydrogen) atoms. The number of ether oxygens (including phenoxy) is 2. The summed E-state index contributed by atoms with van der Waals surface area (Å²) in [5.41, 5.74) is -4.37. The summed E-state index contributed by atoms with van der Waals surface area (Å²) in [5, 5.41) is 23.7. The van der Waals surface area contributed by atoms with E-state index in [1.165, 1.54) is 20.8 Å². The summed E-state index contributed by atoms with van der Waals surface area (Å²) in [4.78, 5) is 35.6. The lowest BCUT2D eigenvalue weighted by Crippen LogP contribution is -2.64. The third kappa shape index (κ3) is 8.70. The van der Waals surface area contributed by atoms with E-state index in [0.717, 1.165) is 19.3 Å². The van der Waals surface area contributed by atoms with Crippen LogP contribution in [0.3, 0.4) is 0 Å². The maximum absolute atomic E-state index is 12.4. The van der Waals surface area contributed by atoms with Crippen molar-refractivity contribution in [1.82, 2.24) is 5.32 Å². The number of aliphatic carboxylic acids is 1. The quantitative estimate of drug-likeness (QED) is 0.190. The molecule has 12 heteroatoms. The first kappa shape index (κ1) is 30.1. The van der Waals surface area contributed by atoms with E-state index >= 15 is 0 Å². The van der Waals surface area contributed by atoms with Gasteiger partial charge >= 0.3 is 12.1 Å². The molecule has 1 rings (SSSR count). The van der Waals surface area contributed by atoms with E-state index in [2.05, 4.69) is 5.32 Å². The van der Waals surface area contributed by atoms with E-state index in [1.807, 2.05) is 0 Å². The molecule has 0 radical (unpaired) electrons. The summed E-state index contributed by atoms with van der Waals surface area (Å²) in [6.45, 7) is 6.54. The molecule has 198 valence electrons. The summed E-state index contributed by atoms with van der Waals surface area (Å²) in [7, 11) is -4.07. The van der Waals surface area contributed by atoms with Gasteiger partial charge in [-0.25, -0.2) is 9.59 Å². The van der Waals surface area contributed by atoms with Crippen LogP contribution in [0.5, 0.6) is 0 Å². The topological polar surface area (TPSA) is 166 Å². The Balaban J connectivity index is 2.94. The minimum Gasteiger partial charge on any atom is -0.479 e. The van der Waals surface area contributed by atoms with Crippen LogP contribution in [0.2, 0.25) is 0 Å². The number of rotatable bonds is 13. The Morgan fingerprint density at radius 3 is 2.21 bits per heavy atom. The molecule has 0 spiro atoms. The smallest absolute Gasteiger partial charge is 0.479 e. The molecule has 1 amide bonds. The van der Waals surface area contributed by atoms with Crippen molar-refractivity contribution in [2.45, 2.75) is 91.0 Å². The van der Waals surface area contributed by atoms with Crippen molar-refractivity contribution in [3.8, 4) is 0 Å². The predicted octanol–water partition coefficient (Wildman–Crippen LogP) is 2.21. The average molecular weight is 510 g/mol. The van der Waals surface area contributed by atoms with Crippen LogP contribution in [-0.2, 0) is 33.4 Å². The van der Waals surface area contributed by atoms with Gasteiger partial charge in [0.15, 0.2) is 0 Å². The van der Waals surface area contributed by atoms with Crippen LogP contribution >= 0.6 is 0 Å². The Morgan fingerprint density at radius 2 is 1.71 bits per heavy atom. The van der Waals surface area contributed by atoms with E-state index in [-0.39, 0.29) is 25.0 Å². The van der Waals surface area contributed by atoms with E-state index in [1.54, 1.807) is 13.8 Å². The van der Waals surface area contributed by atoms with Crippen molar-refractivity contribution >= 4 is 28.1 Å². The zero-order chi connectivity index (χ0) is 26.2. The van der Waals surface area contributed by atoms with Gasteiger partial charge in [0.2, 0.25) is 11.5 Å². The summed E-state index contributed by atoms with van der Waals surface area (Å²) in [6.07, 6.45) is 1.39. The minimum atomic E-state index is -4.07. The van der Waals surface area contributed by atoms with Crippen LogP contribution in [0.25, 0.3) is 0 Å². The van der Waals surface area contributed by atoms with Crippen molar-refractivity contribution in [3.05, 3.63) is 0 Å². The van der Waals surface area contributed by atoms with Crippen molar-refractivity contribution in [3.63, 3.8) is 0 Å². The lowest BCUT2D eigenvalue weighted by atomic mass is 9.69. The predicted molar refractivity (Wildman–Crippen MR) is 122 cm³/mol. The molecule has 11 nitrogen and oxygen atoms in total. The first-order valence-corrected chi connectivity index (χ1v) is 13.1. The van der Waals surface area contributed by atoms with E-state index < -0.39 is 57.6 Å². The minimum absolute atomic E-state index is 0.0935. The van der Waals surface area contributed by atoms with Crippen LogP contribution in [-0.4, -0.2) is 73.4 Å². The number of amides is 1. The number of nitrogens with one attached hydrogen (secondary N) is 1. The molecule has 0 aromatic carbocycles. The first-order valence-electron chi connectivity index (χ1n) is 11.6. The van der Waals surface area contributed by atoms with Gasteiger partial charge in [0, 0.05) is 18.9 Å². The van der Waals surface area contributed by atoms with E-state index in [0.29, 0.717) is 12.8 Å². The zero-order valence-corrected chi connectivity index (χ0v) is 21.5. The molecular formula is C22H39NO10S. The Kier molecular flexibility index (Phi) is 11.2. The summed E-state index contributed by atoms with van der Waals surface area (Å²) >= 11 is 0. The molecule has 1 aliphatic carbocycles. The highest BCUT2D eigenvalue weighted by atomic mass is 32.2. The molecule has 1 fully saturated rings. The second kappa shape index (κ2) is 12.7. The third-order valence-corrected chi connectivity index (χ3v) is 7.22. The largest absolute Gasteiger partial charge is 0.508 e. The van der Waals surface area contributed by atoms with E-state index in [4.69, 9.17) is 13.7 Å². The lowest BCUT2D eigenvalue weighted by Gasteiger charge is -2.44. The van der Waals surface area contributed by atoms with Crippen LogP contribution in [0.15, 0.2) is 0 Å². The van der Waals surface area contributed by atoms with Gasteiger partial charge in [0.05, 0.1) is 12.4 Å². The van der Waals surface area contributed by atoms with Gasteiger partial charge in [0.25, 0.3) is 10.1 Å². The fraction of sp³-hybridized carbons (Fsp3) is 0.864.